The van der Waals surface area contributed by atoms with Crippen LogP contribution in [0, 0.1) is 0 Å². The second-order valence-electron chi connectivity index (χ2n) is 9.95. The van der Waals surface area contributed by atoms with Crippen molar-refractivity contribution in [3.63, 3.8) is 0 Å². The van der Waals surface area contributed by atoms with Gasteiger partial charge in [-0.05, 0) is 56.2 Å². The van der Waals surface area contributed by atoms with E-state index in [1.54, 1.807) is 12.4 Å². The fraction of sp³-hybridized carbons (Fsp3) is 0.481. The standard InChI is InChI=1S/C27H32N6O3/c28-25-23-16-30-27(31-19-5-7-20(8-6-19)36-21-9-10-21)32-24(23)22(15-29-25)17-1-3-18(4-2-17)26(34)33-11-13-35-14-12-33/h1-4,15-16,19-21H,5-14H2,(H2,28,29)(H,30,31,32). The predicted octanol–water partition coefficient (Wildman–Crippen LogP) is 3.65. The number of rotatable bonds is 6. The number of pyridine rings is 1. The largest absolute Gasteiger partial charge is 0.383 e. The number of aromatic nitrogens is 3. The molecule has 3 heterocycles. The van der Waals surface area contributed by atoms with Crippen molar-refractivity contribution < 1.29 is 14.3 Å². The number of hydrogen-bond acceptors (Lipinski definition) is 8. The maximum atomic E-state index is 12.8. The lowest BCUT2D eigenvalue weighted by Gasteiger charge is -2.29. The lowest BCUT2D eigenvalue weighted by atomic mass is 9.93. The number of benzene rings is 1. The molecule has 0 unspecified atom stereocenters. The molecule has 0 atom stereocenters. The second-order valence-corrected chi connectivity index (χ2v) is 9.95. The summed E-state index contributed by atoms with van der Waals surface area (Å²) < 4.78 is 11.4. The molecule has 2 saturated carbocycles. The molecule has 6 rings (SSSR count). The van der Waals surface area contributed by atoms with Gasteiger partial charge < -0.3 is 25.4 Å². The molecule has 0 bridgehead atoms. The van der Waals surface area contributed by atoms with Crippen LogP contribution >= 0.6 is 0 Å². The Morgan fingerprint density at radius 1 is 0.972 bits per heavy atom. The van der Waals surface area contributed by atoms with Crippen molar-refractivity contribution in [3.8, 4) is 11.1 Å². The molecule has 3 fully saturated rings. The van der Waals surface area contributed by atoms with Gasteiger partial charge in [-0.2, -0.15) is 0 Å². The Bertz CT molecular complexity index is 1230. The van der Waals surface area contributed by atoms with Crippen molar-refractivity contribution in [2.75, 3.05) is 37.4 Å². The number of amides is 1. The van der Waals surface area contributed by atoms with E-state index < -0.39 is 0 Å². The van der Waals surface area contributed by atoms with Crippen LogP contribution in [0.25, 0.3) is 22.0 Å². The third-order valence-electron chi connectivity index (χ3n) is 7.31. The Morgan fingerprint density at radius 3 is 2.36 bits per heavy atom. The van der Waals surface area contributed by atoms with E-state index in [4.69, 9.17) is 20.2 Å². The summed E-state index contributed by atoms with van der Waals surface area (Å²) in [5.41, 5.74) is 9.35. The molecule has 1 aliphatic heterocycles. The molecule has 2 aliphatic carbocycles. The topological polar surface area (TPSA) is 115 Å². The molecule has 3 aliphatic rings. The van der Waals surface area contributed by atoms with Crippen molar-refractivity contribution in [3.05, 3.63) is 42.2 Å². The van der Waals surface area contributed by atoms with Crippen molar-refractivity contribution in [1.82, 2.24) is 19.9 Å². The average molecular weight is 489 g/mol. The number of fused-ring (bicyclic) bond motifs is 1. The third-order valence-corrected chi connectivity index (χ3v) is 7.31. The molecular formula is C27H32N6O3. The normalized spacial score (nSPS) is 22.5. The van der Waals surface area contributed by atoms with Crippen LogP contribution in [0.4, 0.5) is 11.8 Å². The fourth-order valence-corrected chi connectivity index (χ4v) is 5.06. The summed E-state index contributed by atoms with van der Waals surface area (Å²) in [7, 11) is 0. The zero-order valence-electron chi connectivity index (χ0n) is 20.4. The highest BCUT2D eigenvalue weighted by molar-refractivity contribution is 5.99. The first-order valence-corrected chi connectivity index (χ1v) is 12.9. The lowest BCUT2D eigenvalue weighted by Crippen LogP contribution is -2.40. The van der Waals surface area contributed by atoms with E-state index >= 15 is 0 Å². The summed E-state index contributed by atoms with van der Waals surface area (Å²) in [4.78, 5) is 28.4. The van der Waals surface area contributed by atoms with Crippen molar-refractivity contribution in [1.29, 1.82) is 0 Å². The predicted molar refractivity (Wildman–Crippen MR) is 138 cm³/mol. The molecule has 0 radical (unpaired) electrons. The van der Waals surface area contributed by atoms with E-state index in [9.17, 15) is 4.79 Å². The molecule has 2 aromatic heterocycles. The molecule has 1 saturated heterocycles. The van der Waals surface area contributed by atoms with Gasteiger partial charge in [-0.1, -0.05) is 12.1 Å². The van der Waals surface area contributed by atoms with E-state index in [2.05, 4.69) is 15.3 Å². The number of carbonyl (C=O) groups excluding carboxylic acids is 1. The minimum atomic E-state index is 0.0243. The highest BCUT2D eigenvalue weighted by Crippen LogP contribution is 2.32. The van der Waals surface area contributed by atoms with E-state index in [1.165, 1.54) is 12.8 Å². The van der Waals surface area contributed by atoms with Gasteiger partial charge in [0.2, 0.25) is 5.95 Å². The van der Waals surface area contributed by atoms with E-state index in [0.29, 0.717) is 67.3 Å². The SMILES string of the molecule is Nc1ncc(-c2ccc(C(=O)N3CCOCC3)cc2)c2nc(NC3CCC(OC4CC4)CC3)ncc12. The summed E-state index contributed by atoms with van der Waals surface area (Å²) in [5.74, 6) is 1.02. The van der Waals surface area contributed by atoms with E-state index in [-0.39, 0.29) is 5.91 Å². The number of ether oxygens (including phenoxy) is 2. The van der Waals surface area contributed by atoms with Gasteiger partial charge >= 0.3 is 0 Å². The third kappa shape index (κ3) is 4.99. The molecule has 9 nitrogen and oxygen atoms in total. The fourth-order valence-electron chi connectivity index (χ4n) is 5.06. The minimum absolute atomic E-state index is 0.0243. The van der Waals surface area contributed by atoms with Crippen LogP contribution in [0.15, 0.2) is 36.7 Å². The molecule has 36 heavy (non-hydrogen) atoms. The maximum absolute atomic E-state index is 12.8. The quantitative estimate of drug-likeness (QED) is 0.540. The second kappa shape index (κ2) is 9.99. The molecule has 1 amide bonds. The van der Waals surface area contributed by atoms with Crippen molar-refractivity contribution in [2.45, 2.75) is 56.8 Å². The monoisotopic (exact) mass is 488 g/mol. The average Bonchev–Trinajstić information content (AvgIpc) is 3.74. The summed E-state index contributed by atoms with van der Waals surface area (Å²) in [6.45, 7) is 2.40. The number of nitrogens with one attached hydrogen (secondary N) is 1. The van der Waals surface area contributed by atoms with Crippen LogP contribution in [-0.2, 0) is 9.47 Å². The first kappa shape index (κ1) is 23.1. The van der Waals surface area contributed by atoms with Gasteiger partial charge in [-0.25, -0.2) is 15.0 Å². The van der Waals surface area contributed by atoms with Gasteiger partial charge in [0.1, 0.15) is 5.82 Å². The van der Waals surface area contributed by atoms with Crippen LogP contribution in [0.1, 0.15) is 48.9 Å². The summed E-state index contributed by atoms with van der Waals surface area (Å²) in [6, 6.07) is 7.93. The highest BCUT2D eigenvalue weighted by Gasteiger charge is 2.29. The Morgan fingerprint density at radius 2 is 1.67 bits per heavy atom. The summed E-state index contributed by atoms with van der Waals surface area (Å²) in [6.07, 6.45) is 11.1. The maximum Gasteiger partial charge on any atom is 0.254 e. The number of carbonyl (C=O) groups is 1. The van der Waals surface area contributed by atoms with Crippen LogP contribution in [0.5, 0.6) is 0 Å². The molecule has 9 heteroatoms. The van der Waals surface area contributed by atoms with Gasteiger partial charge in [0.15, 0.2) is 0 Å². The van der Waals surface area contributed by atoms with Crippen LogP contribution < -0.4 is 11.1 Å². The van der Waals surface area contributed by atoms with Gasteiger partial charge in [-0.15, -0.1) is 0 Å². The van der Waals surface area contributed by atoms with Crippen LogP contribution in [0.3, 0.4) is 0 Å². The molecule has 0 spiro atoms. The number of morpholine rings is 1. The van der Waals surface area contributed by atoms with E-state index in [1.807, 2.05) is 29.2 Å². The van der Waals surface area contributed by atoms with Crippen LogP contribution in [0.2, 0.25) is 0 Å². The molecule has 1 aromatic carbocycles. The lowest BCUT2D eigenvalue weighted by molar-refractivity contribution is 0.0146. The Hall–Kier alpha value is -3.30. The molecule has 3 aromatic rings. The first-order valence-electron chi connectivity index (χ1n) is 12.9. The Kier molecular flexibility index (Phi) is 6.41. The summed E-state index contributed by atoms with van der Waals surface area (Å²) in [5, 5.41) is 4.24. The smallest absolute Gasteiger partial charge is 0.254 e. The van der Waals surface area contributed by atoms with Crippen molar-refractivity contribution >= 4 is 28.6 Å². The van der Waals surface area contributed by atoms with Gasteiger partial charge in [0.05, 0.1) is 36.3 Å². The number of nitrogens with zero attached hydrogens (tertiary/aromatic N) is 4. The molecule has 3 N–H and O–H groups in total. The first-order chi connectivity index (χ1) is 17.6. The Labute approximate surface area is 210 Å². The van der Waals surface area contributed by atoms with Crippen LogP contribution in [-0.4, -0.2) is 70.3 Å². The zero-order chi connectivity index (χ0) is 24.5. The van der Waals surface area contributed by atoms with Gasteiger partial charge in [-0.3, -0.25) is 4.79 Å². The number of hydrogen-bond donors (Lipinski definition) is 2. The van der Waals surface area contributed by atoms with Crippen molar-refractivity contribution in [2.24, 2.45) is 0 Å². The Balaban J connectivity index is 1.20. The minimum Gasteiger partial charge on any atom is -0.383 e. The summed E-state index contributed by atoms with van der Waals surface area (Å²) >= 11 is 0. The molecule has 188 valence electrons. The van der Waals surface area contributed by atoms with E-state index in [0.717, 1.165) is 42.3 Å². The zero-order valence-corrected chi connectivity index (χ0v) is 20.4. The number of nitrogens with two attached hydrogens (primary N) is 1. The van der Waals surface area contributed by atoms with Gasteiger partial charge in [0, 0.05) is 42.7 Å². The number of nitrogen functional groups attached to an aromatic ring is 1. The number of anilines is 2. The highest BCUT2D eigenvalue weighted by atomic mass is 16.5. The molecular weight excluding hydrogens is 456 g/mol. The van der Waals surface area contributed by atoms with Gasteiger partial charge in [0.25, 0.3) is 5.91 Å².